The molecule has 0 fully saturated rings. The van der Waals surface area contributed by atoms with Gasteiger partial charge in [0.2, 0.25) is 0 Å². The molecule has 0 saturated heterocycles. The van der Waals surface area contributed by atoms with Crippen LogP contribution in [-0.2, 0) is 6.54 Å². The maximum absolute atomic E-state index is 4.20. The number of nitrogens with one attached hydrogen (secondary N) is 1. The van der Waals surface area contributed by atoms with Crippen molar-refractivity contribution in [3.8, 4) is 5.69 Å². The van der Waals surface area contributed by atoms with Crippen LogP contribution in [0.3, 0.4) is 0 Å². The molecule has 0 atom stereocenters. The summed E-state index contributed by atoms with van der Waals surface area (Å²) in [7, 11) is 0. The van der Waals surface area contributed by atoms with Gasteiger partial charge in [0.15, 0.2) is 0 Å². The van der Waals surface area contributed by atoms with Gasteiger partial charge in [-0.1, -0.05) is 11.3 Å². The Balaban J connectivity index is 2.14. The monoisotopic (exact) mass is 258 g/mol. The summed E-state index contributed by atoms with van der Waals surface area (Å²) in [6.07, 6.45) is 1.98. The van der Waals surface area contributed by atoms with Crippen LogP contribution in [0.2, 0.25) is 0 Å². The van der Waals surface area contributed by atoms with E-state index >= 15 is 0 Å². The van der Waals surface area contributed by atoms with E-state index < -0.39 is 0 Å². The lowest BCUT2D eigenvalue weighted by atomic mass is 10.1. The molecule has 0 bridgehead atoms. The van der Waals surface area contributed by atoms with Gasteiger partial charge in [-0.05, 0) is 57.9 Å². The van der Waals surface area contributed by atoms with Crippen molar-refractivity contribution in [2.75, 3.05) is 0 Å². The Morgan fingerprint density at radius 2 is 1.89 bits per heavy atom. The van der Waals surface area contributed by atoms with Crippen LogP contribution in [0.1, 0.15) is 37.6 Å². The zero-order valence-electron chi connectivity index (χ0n) is 12.4. The smallest absolute Gasteiger partial charge is 0.0969 e. The lowest BCUT2D eigenvalue weighted by molar-refractivity contribution is 0.421. The molecule has 1 N–H and O–H groups in total. The van der Waals surface area contributed by atoms with Gasteiger partial charge in [-0.15, -0.1) is 5.10 Å². The third kappa shape index (κ3) is 3.64. The minimum Gasteiger partial charge on any atom is -0.306 e. The molecule has 0 saturated carbocycles. The van der Waals surface area contributed by atoms with E-state index in [0.717, 1.165) is 17.9 Å². The van der Waals surface area contributed by atoms with E-state index in [2.05, 4.69) is 68.4 Å². The molecule has 19 heavy (non-hydrogen) atoms. The summed E-state index contributed by atoms with van der Waals surface area (Å²) >= 11 is 0. The zero-order chi connectivity index (χ0) is 14.0. The van der Waals surface area contributed by atoms with Crippen LogP contribution in [0.25, 0.3) is 5.69 Å². The number of aryl methyl sites for hydroxylation is 2. The molecule has 0 aliphatic carbocycles. The van der Waals surface area contributed by atoms with Crippen LogP contribution in [0.15, 0.2) is 24.4 Å². The number of hydrogen-bond acceptors (Lipinski definition) is 3. The van der Waals surface area contributed by atoms with Crippen molar-refractivity contribution in [1.29, 1.82) is 0 Å². The molecule has 4 heteroatoms. The van der Waals surface area contributed by atoms with Gasteiger partial charge in [0.1, 0.15) is 0 Å². The quantitative estimate of drug-likeness (QED) is 0.920. The summed E-state index contributed by atoms with van der Waals surface area (Å²) in [4.78, 5) is 0. The molecule has 102 valence electrons. The van der Waals surface area contributed by atoms with E-state index in [1.807, 2.05) is 10.9 Å². The van der Waals surface area contributed by atoms with E-state index in [4.69, 9.17) is 0 Å². The molecule has 1 aromatic heterocycles. The molecule has 1 heterocycles. The summed E-state index contributed by atoms with van der Waals surface area (Å²) in [6.45, 7) is 11.4. The van der Waals surface area contributed by atoms with Gasteiger partial charge in [-0.3, -0.25) is 0 Å². The van der Waals surface area contributed by atoms with Crippen molar-refractivity contribution >= 4 is 0 Å². The van der Waals surface area contributed by atoms with Crippen LogP contribution >= 0.6 is 0 Å². The molecule has 0 spiro atoms. The highest BCUT2D eigenvalue weighted by Gasteiger charge is 2.10. The SMILES string of the molecule is Cc1ccc(-n2cc(CNC(C)(C)C)nn2)cc1C. The van der Waals surface area contributed by atoms with E-state index in [1.54, 1.807) is 0 Å². The highest BCUT2D eigenvalue weighted by molar-refractivity contribution is 5.38. The number of aromatic nitrogens is 3. The Bertz CT molecular complexity index is 564. The second-order valence-corrected chi connectivity index (χ2v) is 6.03. The number of hydrogen-bond donors (Lipinski definition) is 1. The summed E-state index contributed by atoms with van der Waals surface area (Å²) in [5.74, 6) is 0. The zero-order valence-corrected chi connectivity index (χ0v) is 12.4. The third-order valence-electron chi connectivity index (χ3n) is 3.10. The average molecular weight is 258 g/mol. The maximum Gasteiger partial charge on any atom is 0.0969 e. The minimum absolute atomic E-state index is 0.0875. The molecule has 0 aliphatic heterocycles. The summed E-state index contributed by atoms with van der Waals surface area (Å²) in [6, 6.07) is 6.31. The average Bonchev–Trinajstić information content (AvgIpc) is 2.78. The highest BCUT2D eigenvalue weighted by Crippen LogP contribution is 2.13. The second kappa shape index (κ2) is 5.13. The Morgan fingerprint density at radius 1 is 1.16 bits per heavy atom. The first-order chi connectivity index (χ1) is 8.85. The summed E-state index contributed by atoms with van der Waals surface area (Å²) < 4.78 is 1.83. The first-order valence-corrected chi connectivity index (χ1v) is 6.59. The van der Waals surface area contributed by atoms with E-state index in [1.165, 1.54) is 11.1 Å². The molecule has 0 unspecified atom stereocenters. The molecular weight excluding hydrogens is 236 g/mol. The lowest BCUT2D eigenvalue weighted by Crippen LogP contribution is -2.35. The van der Waals surface area contributed by atoms with Gasteiger partial charge in [-0.2, -0.15) is 0 Å². The largest absolute Gasteiger partial charge is 0.306 e. The molecule has 2 rings (SSSR count). The highest BCUT2D eigenvalue weighted by atomic mass is 15.4. The van der Waals surface area contributed by atoms with Gasteiger partial charge in [-0.25, -0.2) is 4.68 Å². The van der Waals surface area contributed by atoms with Crippen molar-refractivity contribution in [3.63, 3.8) is 0 Å². The Hall–Kier alpha value is -1.68. The minimum atomic E-state index is 0.0875. The first-order valence-electron chi connectivity index (χ1n) is 6.59. The molecular formula is C15H22N4. The van der Waals surface area contributed by atoms with Crippen molar-refractivity contribution in [3.05, 3.63) is 41.2 Å². The summed E-state index contributed by atoms with van der Waals surface area (Å²) in [5.41, 5.74) is 4.65. The predicted octanol–water partition coefficient (Wildman–Crippen LogP) is 2.77. The van der Waals surface area contributed by atoms with Gasteiger partial charge < -0.3 is 5.32 Å². The van der Waals surface area contributed by atoms with Gasteiger partial charge in [0, 0.05) is 12.1 Å². The van der Waals surface area contributed by atoms with Crippen LogP contribution in [0, 0.1) is 13.8 Å². The topological polar surface area (TPSA) is 42.7 Å². The molecule has 1 aromatic carbocycles. The number of benzene rings is 1. The van der Waals surface area contributed by atoms with E-state index in [-0.39, 0.29) is 5.54 Å². The normalized spacial score (nSPS) is 11.8. The van der Waals surface area contributed by atoms with Crippen LogP contribution in [0.4, 0.5) is 0 Å². The lowest BCUT2D eigenvalue weighted by Gasteiger charge is -2.19. The van der Waals surface area contributed by atoms with Gasteiger partial charge in [0.25, 0.3) is 0 Å². The van der Waals surface area contributed by atoms with Gasteiger partial charge in [0.05, 0.1) is 17.6 Å². The summed E-state index contributed by atoms with van der Waals surface area (Å²) in [5, 5.41) is 11.8. The Kier molecular flexibility index (Phi) is 3.71. The standard InChI is InChI=1S/C15H22N4/c1-11-6-7-14(8-12(11)2)19-10-13(17-18-19)9-16-15(3,4)5/h6-8,10,16H,9H2,1-5H3. The van der Waals surface area contributed by atoms with Crippen LogP contribution in [0.5, 0.6) is 0 Å². The van der Waals surface area contributed by atoms with Crippen molar-refractivity contribution in [1.82, 2.24) is 20.3 Å². The van der Waals surface area contributed by atoms with E-state index in [9.17, 15) is 0 Å². The van der Waals surface area contributed by atoms with Crippen molar-refractivity contribution in [2.24, 2.45) is 0 Å². The predicted molar refractivity (Wildman–Crippen MR) is 77.4 cm³/mol. The third-order valence-corrected chi connectivity index (χ3v) is 3.10. The van der Waals surface area contributed by atoms with E-state index in [0.29, 0.717) is 0 Å². The fraction of sp³-hybridized carbons (Fsp3) is 0.467. The molecule has 4 nitrogen and oxygen atoms in total. The Morgan fingerprint density at radius 3 is 2.53 bits per heavy atom. The molecule has 0 radical (unpaired) electrons. The molecule has 2 aromatic rings. The van der Waals surface area contributed by atoms with Crippen LogP contribution < -0.4 is 5.32 Å². The number of rotatable bonds is 3. The van der Waals surface area contributed by atoms with Crippen molar-refractivity contribution in [2.45, 2.75) is 46.7 Å². The fourth-order valence-electron chi connectivity index (χ4n) is 1.73. The van der Waals surface area contributed by atoms with Crippen LogP contribution in [-0.4, -0.2) is 20.5 Å². The molecule has 0 aliphatic rings. The second-order valence-electron chi connectivity index (χ2n) is 6.03. The Labute approximate surface area is 114 Å². The fourth-order valence-corrected chi connectivity index (χ4v) is 1.73. The number of nitrogens with zero attached hydrogens (tertiary/aromatic N) is 3. The first kappa shape index (κ1) is 13.7. The maximum atomic E-state index is 4.20. The van der Waals surface area contributed by atoms with Gasteiger partial charge >= 0.3 is 0 Å². The van der Waals surface area contributed by atoms with Crippen molar-refractivity contribution < 1.29 is 0 Å². The molecule has 0 amide bonds.